The molecule has 0 bridgehead atoms. The topological polar surface area (TPSA) is 29.1 Å². The highest BCUT2D eigenvalue weighted by Gasteiger charge is 2.22. The van der Waals surface area contributed by atoms with Gasteiger partial charge >= 0.3 is 0 Å². The predicted molar refractivity (Wildman–Crippen MR) is 73.0 cm³/mol. The Morgan fingerprint density at radius 2 is 1.88 bits per heavy atom. The van der Waals surface area contributed by atoms with Crippen molar-refractivity contribution in [3.05, 3.63) is 34.3 Å². The normalized spacial score (nSPS) is 24.4. The summed E-state index contributed by atoms with van der Waals surface area (Å²) in [4.78, 5) is 12.0. The Bertz CT molecular complexity index is 388. The Hall–Kier alpha value is -0.830. The quantitative estimate of drug-likeness (QED) is 0.884. The molecule has 1 amide bonds. The smallest absolute Gasteiger partial charge is 0.251 e. The molecule has 2 nitrogen and oxygen atoms in total. The molecule has 0 spiro atoms. The summed E-state index contributed by atoms with van der Waals surface area (Å²) < 4.78 is 1.00. The standard InChI is InChI=1S/C14H18BrNO/c1-10-4-2-3-5-13(10)16-14(17)11-6-8-12(15)9-7-11/h6-10,13H,2-5H2,1H3,(H,16,17)/t10-,13+/m1/s1. The van der Waals surface area contributed by atoms with E-state index in [-0.39, 0.29) is 5.91 Å². The molecule has 0 unspecified atom stereocenters. The molecule has 1 aliphatic rings. The summed E-state index contributed by atoms with van der Waals surface area (Å²) in [6, 6.07) is 7.86. The van der Waals surface area contributed by atoms with Gasteiger partial charge < -0.3 is 5.32 Å². The number of rotatable bonds is 2. The van der Waals surface area contributed by atoms with Gasteiger partial charge in [-0.3, -0.25) is 4.79 Å². The van der Waals surface area contributed by atoms with Crippen LogP contribution in [0.5, 0.6) is 0 Å². The summed E-state index contributed by atoms with van der Waals surface area (Å²) in [6.45, 7) is 2.23. The Kier molecular flexibility index (Phi) is 4.21. The molecule has 1 saturated carbocycles. The number of benzene rings is 1. The maximum atomic E-state index is 12.0. The van der Waals surface area contributed by atoms with Crippen molar-refractivity contribution < 1.29 is 4.79 Å². The molecule has 1 aromatic carbocycles. The molecule has 3 heteroatoms. The molecule has 0 aromatic heterocycles. The van der Waals surface area contributed by atoms with E-state index in [1.54, 1.807) is 0 Å². The number of hydrogen-bond donors (Lipinski definition) is 1. The van der Waals surface area contributed by atoms with Crippen molar-refractivity contribution in [1.82, 2.24) is 5.32 Å². The fraction of sp³-hybridized carbons (Fsp3) is 0.500. The Morgan fingerprint density at radius 3 is 2.53 bits per heavy atom. The lowest BCUT2D eigenvalue weighted by Gasteiger charge is -2.29. The van der Waals surface area contributed by atoms with Crippen LogP contribution in [0.3, 0.4) is 0 Å². The minimum absolute atomic E-state index is 0.0521. The maximum Gasteiger partial charge on any atom is 0.251 e. The van der Waals surface area contributed by atoms with E-state index in [4.69, 9.17) is 0 Å². The van der Waals surface area contributed by atoms with E-state index < -0.39 is 0 Å². The van der Waals surface area contributed by atoms with Crippen LogP contribution in [-0.4, -0.2) is 11.9 Å². The van der Waals surface area contributed by atoms with Gasteiger partial charge in [-0.05, 0) is 43.0 Å². The first-order valence-electron chi connectivity index (χ1n) is 6.23. The van der Waals surface area contributed by atoms with Crippen molar-refractivity contribution in [2.75, 3.05) is 0 Å². The third-order valence-corrected chi connectivity index (χ3v) is 4.06. The van der Waals surface area contributed by atoms with Crippen LogP contribution in [0.15, 0.2) is 28.7 Å². The van der Waals surface area contributed by atoms with Crippen LogP contribution in [0.25, 0.3) is 0 Å². The first-order valence-corrected chi connectivity index (χ1v) is 7.02. The van der Waals surface area contributed by atoms with Crippen LogP contribution in [-0.2, 0) is 0 Å². The van der Waals surface area contributed by atoms with E-state index in [2.05, 4.69) is 28.2 Å². The van der Waals surface area contributed by atoms with Gasteiger partial charge in [-0.25, -0.2) is 0 Å². The van der Waals surface area contributed by atoms with E-state index in [0.29, 0.717) is 12.0 Å². The van der Waals surface area contributed by atoms with Crippen LogP contribution in [0.4, 0.5) is 0 Å². The molecule has 0 heterocycles. The third-order valence-electron chi connectivity index (χ3n) is 3.53. The Balaban J connectivity index is 1.98. The fourth-order valence-corrected chi connectivity index (χ4v) is 2.65. The first kappa shape index (κ1) is 12.6. The third kappa shape index (κ3) is 3.32. The van der Waals surface area contributed by atoms with E-state index >= 15 is 0 Å². The molecule has 1 N–H and O–H groups in total. The number of carbonyl (C=O) groups excluding carboxylic acids is 1. The minimum Gasteiger partial charge on any atom is -0.349 e. The average Bonchev–Trinajstić information content (AvgIpc) is 2.33. The van der Waals surface area contributed by atoms with Crippen LogP contribution in [0.2, 0.25) is 0 Å². The number of halogens is 1. The van der Waals surface area contributed by atoms with E-state index in [9.17, 15) is 4.79 Å². The molecular formula is C14H18BrNO. The first-order chi connectivity index (χ1) is 8.16. The van der Waals surface area contributed by atoms with E-state index in [1.807, 2.05) is 24.3 Å². The molecule has 17 heavy (non-hydrogen) atoms. The molecule has 0 saturated heterocycles. The lowest BCUT2D eigenvalue weighted by molar-refractivity contribution is 0.0910. The van der Waals surface area contributed by atoms with Crippen LogP contribution in [0, 0.1) is 5.92 Å². The van der Waals surface area contributed by atoms with Crippen LogP contribution in [0.1, 0.15) is 43.0 Å². The van der Waals surface area contributed by atoms with Gasteiger partial charge in [0.05, 0.1) is 0 Å². The van der Waals surface area contributed by atoms with Crippen LogP contribution >= 0.6 is 15.9 Å². The van der Waals surface area contributed by atoms with Crippen molar-refractivity contribution in [1.29, 1.82) is 0 Å². The highest BCUT2D eigenvalue weighted by atomic mass is 79.9. The number of carbonyl (C=O) groups is 1. The summed E-state index contributed by atoms with van der Waals surface area (Å²) in [6.07, 6.45) is 4.87. The van der Waals surface area contributed by atoms with Gasteiger partial charge in [-0.15, -0.1) is 0 Å². The second-order valence-electron chi connectivity index (χ2n) is 4.85. The lowest BCUT2D eigenvalue weighted by atomic mass is 9.86. The molecule has 2 atom stereocenters. The number of amides is 1. The average molecular weight is 296 g/mol. The van der Waals surface area contributed by atoms with Crippen LogP contribution < -0.4 is 5.32 Å². The van der Waals surface area contributed by atoms with Gasteiger partial charge in [-0.2, -0.15) is 0 Å². The van der Waals surface area contributed by atoms with Crippen molar-refractivity contribution in [3.63, 3.8) is 0 Å². The SMILES string of the molecule is C[C@@H]1CCCC[C@@H]1NC(=O)c1ccc(Br)cc1. The zero-order valence-corrected chi connectivity index (χ0v) is 11.7. The molecule has 1 aromatic rings. The molecular weight excluding hydrogens is 278 g/mol. The van der Waals surface area contributed by atoms with Gasteiger partial charge in [0.2, 0.25) is 0 Å². The zero-order chi connectivity index (χ0) is 12.3. The van der Waals surface area contributed by atoms with Gasteiger partial charge in [0.15, 0.2) is 0 Å². The minimum atomic E-state index is 0.0521. The van der Waals surface area contributed by atoms with Crippen molar-refractivity contribution in [3.8, 4) is 0 Å². The zero-order valence-electron chi connectivity index (χ0n) is 10.1. The molecule has 92 valence electrons. The second kappa shape index (κ2) is 5.67. The van der Waals surface area contributed by atoms with Gasteiger partial charge in [0.1, 0.15) is 0 Å². The largest absolute Gasteiger partial charge is 0.349 e. The Labute approximate surface area is 111 Å². The van der Waals surface area contributed by atoms with Gasteiger partial charge in [0, 0.05) is 16.1 Å². The molecule has 0 radical (unpaired) electrons. The van der Waals surface area contributed by atoms with Crippen molar-refractivity contribution >= 4 is 21.8 Å². The number of hydrogen-bond acceptors (Lipinski definition) is 1. The molecule has 1 aliphatic carbocycles. The second-order valence-corrected chi connectivity index (χ2v) is 5.76. The maximum absolute atomic E-state index is 12.0. The van der Waals surface area contributed by atoms with E-state index in [0.717, 1.165) is 16.5 Å². The van der Waals surface area contributed by atoms with Gasteiger partial charge in [-0.1, -0.05) is 35.7 Å². The predicted octanol–water partition coefficient (Wildman–Crippen LogP) is 3.76. The summed E-state index contributed by atoms with van der Waals surface area (Å²) in [7, 11) is 0. The van der Waals surface area contributed by atoms with Crippen molar-refractivity contribution in [2.24, 2.45) is 5.92 Å². The molecule has 0 aliphatic heterocycles. The summed E-state index contributed by atoms with van der Waals surface area (Å²) >= 11 is 3.37. The van der Waals surface area contributed by atoms with Gasteiger partial charge in [0.25, 0.3) is 5.91 Å². The Morgan fingerprint density at radius 1 is 1.24 bits per heavy atom. The summed E-state index contributed by atoms with van der Waals surface area (Å²) in [5, 5.41) is 3.15. The molecule has 1 fully saturated rings. The molecule has 2 rings (SSSR count). The highest BCUT2D eigenvalue weighted by Crippen LogP contribution is 2.24. The highest BCUT2D eigenvalue weighted by molar-refractivity contribution is 9.10. The summed E-state index contributed by atoms with van der Waals surface area (Å²) in [5.74, 6) is 0.652. The monoisotopic (exact) mass is 295 g/mol. The summed E-state index contributed by atoms with van der Waals surface area (Å²) in [5.41, 5.74) is 0.742. The van der Waals surface area contributed by atoms with Crippen molar-refractivity contribution in [2.45, 2.75) is 38.6 Å². The lowest BCUT2D eigenvalue weighted by Crippen LogP contribution is -2.41. The number of nitrogens with one attached hydrogen (secondary N) is 1. The fourth-order valence-electron chi connectivity index (χ4n) is 2.38. The van der Waals surface area contributed by atoms with E-state index in [1.165, 1.54) is 19.3 Å².